The zero-order valence-corrected chi connectivity index (χ0v) is 13.3. The van der Waals surface area contributed by atoms with Gasteiger partial charge >= 0.3 is 12.1 Å². The molecule has 0 fully saturated rings. The Morgan fingerprint density at radius 1 is 1.42 bits per heavy atom. The highest BCUT2D eigenvalue weighted by molar-refractivity contribution is 6.31. The highest BCUT2D eigenvalue weighted by Gasteiger charge is 2.40. The van der Waals surface area contributed by atoms with Gasteiger partial charge in [0.2, 0.25) is 0 Å². The number of aliphatic hydroxyl groups excluding tert-OH is 1. The van der Waals surface area contributed by atoms with Crippen LogP contribution in [-0.2, 0) is 20.5 Å². The molecule has 0 spiro atoms. The smallest absolute Gasteiger partial charge is 0.417 e. The Bertz CT molecular complexity index is 697. The van der Waals surface area contributed by atoms with Gasteiger partial charge in [-0.25, -0.2) is 0 Å². The van der Waals surface area contributed by atoms with E-state index in [9.17, 15) is 27.9 Å². The number of carbonyl (C=O) groups excluding carboxylic acids is 2. The van der Waals surface area contributed by atoms with Crippen LogP contribution in [0.5, 0.6) is 0 Å². The monoisotopic (exact) mass is 362 g/mol. The highest BCUT2D eigenvalue weighted by atomic mass is 35.5. The van der Waals surface area contributed by atoms with E-state index in [2.05, 4.69) is 0 Å². The van der Waals surface area contributed by atoms with Gasteiger partial charge in [-0.05, 0) is 24.6 Å². The maximum Gasteiger partial charge on any atom is 0.417 e. The fraction of sp³-hybridized carbons (Fsp3) is 0.375. The van der Waals surface area contributed by atoms with Crippen molar-refractivity contribution in [2.24, 2.45) is 5.92 Å². The van der Waals surface area contributed by atoms with Crippen LogP contribution in [0.3, 0.4) is 0 Å². The van der Waals surface area contributed by atoms with E-state index >= 15 is 0 Å². The topological polar surface area (TPSA) is 63.6 Å². The largest absolute Gasteiger partial charge is 0.511 e. The lowest BCUT2D eigenvalue weighted by molar-refractivity contribution is -0.148. The number of ketones is 1. The molecule has 8 heteroatoms. The number of rotatable bonds is 3. The summed E-state index contributed by atoms with van der Waals surface area (Å²) in [6.45, 7) is 1.60. The number of halogens is 4. The molecule has 1 N–H and O–H groups in total. The predicted molar refractivity (Wildman–Crippen MR) is 79.7 cm³/mol. The van der Waals surface area contributed by atoms with E-state index in [1.165, 1.54) is 6.07 Å². The molecule has 0 bridgehead atoms. The molecule has 0 amide bonds. The number of benzene rings is 1. The molecule has 2 unspecified atom stereocenters. The van der Waals surface area contributed by atoms with Crippen molar-refractivity contribution in [3.05, 3.63) is 46.2 Å². The van der Waals surface area contributed by atoms with Crippen molar-refractivity contribution in [1.29, 1.82) is 0 Å². The van der Waals surface area contributed by atoms with E-state index < -0.39 is 46.1 Å². The lowest BCUT2D eigenvalue weighted by Gasteiger charge is -2.28. The molecule has 0 aromatic heterocycles. The number of esters is 1. The van der Waals surface area contributed by atoms with Gasteiger partial charge < -0.3 is 9.84 Å². The molecule has 1 aromatic carbocycles. The van der Waals surface area contributed by atoms with Gasteiger partial charge in [0.25, 0.3) is 0 Å². The second kappa shape index (κ2) is 6.84. The summed E-state index contributed by atoms with van der Waals surface area (Å²) in [5.41, 5.74) is -0.983. The zero-order valence-electron chi connectivity index (χ0n) is 12.6. The average Bonchev–Trinajstić information content (AvgIpc) is 2.45. The third kappa shape index (κ3) is 3.72. The Morgan fingerprint density at radius 2 is 2.08 bits per heavy atom. The fourth-order valence-corrected chi connectivity index (χ4v) is 2.90. The van der Waals surface area contributed by atoms with Crippen molar-refractivity contribution >= 4 is 23.4 Å². The first-order valence-corrected chi connectivity index (χ1v) is 7.49. The summed E-state index contributed by atoms with van der Waals surface area (Å²) in [6.07, 6.45) is -3.99. The van der Waals surface area contributed by atoms with E-state index in [-0.39, 0.29) is 18.6 Å². The van der Waals surface area contributed by atoms with Gasteiger partial charge in [-0.3, -0.25) is 9.59 Å². The summed E-state index contributed by atoms with van der Waals surface area (Å²) in [4.78, 5) is 23.8. The molecule has 2 atom stereocenters. The van der Waals surface area contributed by atoms with E-state index in [0.29, 0.717) is 0 Å². The van der Waals surface area contributed by atoms with Gasteiger partial charge in [0.15, 0.2) is 5.78 Å². The summed E-state index contributed by atoms with van der Waals surface area (Å²) >= 11 is 5.59. The summed E-state index contributed by atoms with van der Waals surface area (Å²) in [6, 6.07) is 3.16. The average molecular weight is 363 g/mol. The molecule has 130 valence electrons. The van der Waals surface area contributed by atoms with Crippen LogP contribution in [0, 0.1) is 5.92 Å². The maximum absolute atomic E-state index is 13.0. The predicted octanol–water partition coefficient (Wildman–Crippen LogP) is 4.04. The Balaban J connectivity index is 2.50. The first kappa shape index (κ1) is 18.3. The van der Waals surface area contributed by atoms with Crippen LogP contribution in [0.15, 0.2) is 30.0 Å². The molecule has 0 saturated heterocycles. The standard InChI is InChI=1S/C16H14ClF3O4/c1-2-24-15(23)14-10(6-9(21)7-13(14)22)8-3-4-12(17)11(5-8)16(18,19)20/h3-5,7,10,14,22H,2,6H2,1H3. The first-order valence-electron chi connectivity index (χ1n) is 7.11. The van der Waals surface area contributed by atoms with Crippen molar-refractivity contribution in [1.82, 2.24) is 0 Å². The summed E-state index contributed by atoms with van der Waals surface area (Å²) in [5.74, 6) is -3.99. The van der Waals surface area contributed by atoms with Crippen molar-refractivity contribution in [3.8, 4) is 0 Å². The molecular weight excluding hydrogens is 349 g/mol. The molecule has 1 aromatic rings. The normalized spacial score (nSPS) is 21.4. The third-order valence-corrected chi connectivity index (χ3v) is 4.05. The summed E-state index contributed by atoms with van der Waals surface area (Å²) < 4.78 is 43.9. The lowest BCUT2D eigenvalue weighted by atomic mass is 9.77. The van der Waals surface area contributed by atoms with Gasteiger partial charge in [-0.15, -0.1) is 0 Å². The number of hydrogen-bond acceptors (Lipinski definition) is 4. The second-order valence-corrected chi connectivity index (χ2v) is 5.72. The van der Waals surface area contributed by atoms with Crippen molar-refractivity contribution in [2.45, 2.75) is 25.4 Å². The Morgan fingerprint density at radius 3 is 2.67 bits per heavy atom. The van der Waals surface area contributed by atoms with Crippen molar-refractivity contribution < 1.29 is 32.6 Å². The van der Waals surface area contributed by atoms with Crippen molar-refractivity contribution in [2.75, 3.05) is 6.61 Å². The molecule has 0 radical (unpaired) electrons. The minimum absolute atomic E-state index is 0.0394. The Hall–Kier alpha value is -2.02. The van der Waals surface area contributed by atoms with Gasteiger partial charge in [0.05, 0.1) is 17.2 Å². The molecule has 1 aliphatic rings. The van der Waals surface area contributed by atoms with Crippen molar-refractivity contribution in [3.63, 3.8) is 0 Å². The quantitative estimate of drug-likeness (QED) is 0.824. The lowest BCUT2D eigenvalue weighted by Crippen LogP contribution is -2.31. The fourth-order valence-electron chi connectivity index (χ4n) is 2.67. The minimum atomic E-state index is -4.68. The summed E-state index contributed by atoms with van der Waals surface area (Å²) in [5, 5.41) is 9.46. The molecular formula is C16H14ClF3O4. The van der Waals surface area contributed by atoms with Gasteiger partial charge in [0.1, 0.15) is 11.7 Å². The molecule has 4 nitrogen and oxygen atoms in total. The van der Waals surface area contributed by atoms with Crippen LogP contribution in [0.2, 0.25) is 5.02 Å². The second-order valence-electron chi connectivity index (χ2n) is 5.31. The molecule has 1 aliphatic carbocycles. The van der Waals surface area contributed by atoms with E-state index in [1.807, 2.05) is 0 Å². The number of ether oxygens (including phenoxy) is 1. The Kier molecular flexibility index (Phi) is 5.22. The van der Waals surface area contributed by atoms with Crippen LogP contribution >= 0.6 is 11.6 Å². The van der Waals surface area contributed by atoms with E-state index in [1.54, 1.807) is 6.92 Å². The maximum atomic E-state index is 13.0. The third-order valence-electron chi connectivity index (χ3n) is 3.72. The number of alkyl halides is 3. The molecule has 24 heavy (non-hydrogen) atoms. The van der Waals surface area contributed by atoms with Gasteiger partial charge in [-0.1, -0.05) is 17.7 Å². The number of allylic oxidation sites excluding steroid dienone is 1. The van der Waals surface area contributed by atoms with Crippen LogP contribution in [-0.4, -0.2) is 23.5 Å². The van der Waals surface area contributed by atoms with Crippen LogP contribution < -0.4 is 0 Å². The summed E-state index contributed by atoms with van der Waals surface area (Å²) in [7, 11) is 0. The first-order chi connectivity index (χ1) is 11.1. The molecule has 0 heterocycles. The highest BCUT2D eigenvalue weighted by Crippen LogP contribution is 2.41. The number of aliphatic hydroxyl groups is 1. The van der Waals surface area contributed by atoms with Gasteiger partial charge in [-0.2, -0.15) is 13.2 Å². The minimum Gasteiger partial charge on any atom is -0.511 e. The molecule has 0 aliphatic heterocycles. The Labute approximate surface area is 140 Å². The van der Waals surface area contributed by atoms with E-state index in [4.69, 9.17) is 16.3 Å². The zero-order chi connectivity index (χ0) is 18.1. The number of carbonyl (C=O) groups is 2. The number of hydrogen-bond donors (Lipinski definition) is 1. The van der Waals surface area contributed by atoms with Crippen LogP contribution in [0.1, 0.15) is 30.4 Å². The van der Waals surface area contributed by atoms with E-state index in [0.717, 1.165) is 18.2 Å². The van der Waals surface area contributed by atoms with Crippen LogP contribution in [0.4, 0.5) is 13.2 Å². The van der Waals surface area contributed by atoms with Gasteiger partial charge in [0, 0.05) is 18.4 Å². The SMILES string of the molecule is CCOC(=O)C1C(O)=CC(=O)CC1c1ccc(Cl)c(C(F)(F)F)c1. The molecule has 2 rings (SSSR count). The molecule has 0 saturated carbocycles. The van der Waals surface area contributed by atoms with Crippen LogP contribution in [0.25, 0.3) is 0 Å².